The molecule has 4 heterocycles. The van der Waals surface area contributed by atoms with Gasteiger partial charge in [0.15, 0.2) is 34.9 Å². The smallest absolute Gasteiger partial charge is 0.309 e. The molecule has 8 nitrogen and oxygen atoms in total. The van der Waals surface area contributed by atoms with Gasteiger partial charge >= 0.3 is 12.4 Å². The molecule has 0 aliphatic heterocycles. The third-order valence-electron chi connectivity index (χ3n) is 14.6. The molecule has 0 saturated heterocycles. The molecule has 0 unspecified atom stereocenters. The molecule has 0 saturated carbocycles. The largest absolute Gasteiger partial charge is 0.420 e. The minimum atomic E-state index is -5.05. The second kappa shape index (κ2) is 19.6. The van der Waals surface area contributed by atoms with E-state index in [4.69, 9.17) is 29.9 Å². The van der Waals surface area contributed by atoms with Crippen molar-refractivity contribution in [3.8, 4) is 90.8 Å². The van der Waals surface area contributed by atoms with Crippen molar-refractivity contribution in [2.24, 2.45) is 0 Å². The Labute approximate surface area is 464 Å². The lowest BCUT2D eigenvalue weighted by atomic mass is 9.97. The van der Waals surface area contributed by atoms with E-state index in [0.29, 0.717) is 89.7 Å². The topological polar surface area (TPSA) is 87.2 Å². The monoisotopic (exact) mass is 1080 g/mol. The van der Waals surface area contributed by atoms with Crippen LogP contribution in [0.15, 0.2) is 243 Å². The molecule has 4 aromatic heterocycles. The third kappa shape index (κ3) is 8.86. The van der Waals surface area contributed by atoms with E-state index in [1.54, 1.807) is 57.7 Å². The van der Waals surface area contributed by atoms with Crippen LogP contribution in [0.2, 0.25) is 0 Å². The van der Waals surface area contributed by atoms with Crippen molar-refractivity contribution in [3.05, 3.63) is 254 Å². The van der Waals surface area contributed by atoms with Crippen molar-refractivity contribution < 1.29 is 26.3 Å². The molecule has 82 heavy (non-hydrogen) atoms. The number of fused-ring (bicyclic) bond motifs is 6. The first-order valence-corrected chi connectivity index (χ1v) is 26.2. The fraction of sp³-hybridized carbons (Fsp3) is 0.0294. The summed E-state index contributed by atoms with van der Waals surface area (Å²) < 4.78 is 97.5. The minimum absolute atomic E-state index is 0.0636. The molecule has 10 aromatic carbocycles. The Morgan fingerprint density at radius 2 is 0.573 bits per heavy atom. The van der Waals surface area contributed by atoms with E-state index in [0.717, 1.165) is 34.4 Å². The van der Waals surface area contributed by atoms with Crippen molar-refractivity contribution in [2.45, 2.75) is 12.4 Å². The lowest BCUT2D eigenvalue weighted by Crippen LogP contribution is -2.16. The van der Waals surface area contributed by atoms with Crippen molar-refractivity contribution in [1.29, 1.82) is 0 Å². The first kappa shape index (κ1) is 49.7. The molecule has 0 bridgehead atoms. The molecule has 0 aliphatic rings. The van der Waals surface area contributed by atoms with Gasteiger partial charge in [-0.25, -0.2) is 29.9 Å². The van der Waals surface area contributed by atoms with Gasteiger partial charge in [-0.15, -0.1) is 0 Å². The van der Waals surface area contributed by atoms with Crippen LogP contribution in [-0.2, 0) is 12.4 Å². The predicted molar refractivity (Wildman–Crippen MR) is 310 cm³/mol. The molecule has 0 spiro atoms. The van der Waals surface area contributed by atoms with Crippen molar-refractivity contribution in [3.63, 3.8) is 0 Å². The summed E-state index contributed by atoms with van der Waals surface area (Å²) in [5.41, 5.74) is 3.47. The third-order valence-corrected chi connectivity index (χ3v) is 14.6. The van der Waals surface area contributed by atoms with Crippen LogP contribution in [-0.4, -0.2) is 39.0 Å². The summed E-state index contributed by atoms with van der Waals surface area (Å²) in [5, 5.41) is 2.41. The molecule has 394 valence electrons. The number of para-hydroxylation sites is 2. The first-order chi connectivity index (χ1) is 39.9. The lowest BCUT2D eigenvalue weighted by Gasteiger charge is -2.23. The molecule has 0 fully saturated rings. The minimum Gasteiger partial charge on any atom is -0.309 e. The SMILES string of the molecule is FC(F)(F)c1cccc(-c2cc(-n3c4ccccc4c4cc(-c5nc(-c6ccccc6)nc(-c6ccccc6)n5)ccc43)c(C(F)(F)F)c(-n3c4ccccc4c4cc(-c5nc(-c6ccccc6)nc(-c6ccccc6)n5)ccc43)c2)c1. The highest BCUT2D eigenvalue weighted by Gasteiger charge is 2.40. The Balaban J connectivity index is 1.02. The average Bonchev–Trinajstić information content (AvgIpc) is 2.14. The number of hydrogen-bond donors (Lipinski definition) is 0. The second-order valence-corrected chi connectivity index (χ2v) is 19.7. The first-order valence-electron chi connectivity index (χ1n) is 26.2. The van der Waals surface area contributed by atoms with Gasteiger partial charge in [-0.3, -0.25) is 0 Å². The van der Waals surface area contributed by atoms with Crippen molar-refractivity contribution in [2.75, 3.05) is 0 Å². The fourth-order valence-corrected chi connectivity index (χ4v) is 10.9. The van der Waals surface area contributed by atoms with Gasteiger partial charge in [-0.05, 0) is 83.9 Å². The van der Waals surface area contributed by atoms with E-state index in [9.17, 15) is 13.2 Å². The molecule has 14 rings (SSSR count). The van der Waals surface area contributed by atoms with Crippen LogP contribution in [0.3, 0.4) is 0 Å². The van der Waals surface area contributed by atoms with Crippen LogP contribution in [0.5, 0.6) is 0 Å². The Bertz CT molecular complexity index is 4390. The number of nitrogens with zero attached hydrogens (tertiary/aromatic N) is 8. The van der Waals surface area contributed by atoms with E-state index in [-0.39, 0.29) is 22.5 Å². The Morgan fingerprint density at radius 1 is 0.244 bits per heavy atom. The molecule has 14 aromatic rings. The summed E-state index contributed by atoms with van der Waals surface area (Å²) in [6, 6.07) is 70.3. The number of hydrogen-bond acceptors (Lipinski definition) is 6. The maximum Gasteiger partial charge on any atom is 0.420 e. The number of halogens is 6. The van der Waals surface area contributed by atoms with E-state index >= 15 is 13.2 Å². The van der Waals surface area contributed by atoms with Gasteiger partial charge in [0.1, 0.15) is 5.56 Å². The zero-order valence-corrected chi connectivity index (χ0v) is 42.9. The van der Waals surface area contributed by atoms with Crippen LogP contribution < -0.4 is 0 Å². The normalized spacial score (nSPS) is 12.0. The van der Waals surface area contributed by atoms with Gasteiger partial charge < -0.3 is 9.13 Å². The highest BCUT2D eigenvalue weighted by Crippen LogP contribution is 2.47. The van der Waals surface area contributed by atoms with Gasteiger partial charge in [-0.1, -0.05) is 170 Å². The number of aromatic nitrogens is 8. The molecule has 0 aliphatic carbocycles. The summed E-state index contributed by atoms with van der Waals surface area (Å²) >= 11 is 0. The Morgan fingerprint density at radius 3 is 0.939 bits per heavy atom. The maximum atomic E-state index is 16.9. The molecule has 0 atom stereocenters. The van der Waals surface area contributed by atoms with E-state index < -0.39 is 23.5 Å². The predicted octanol–water partition coefficient (Wildman–Crippen LogP) is 18.0. The van der Waals surface area contributed by atoms with Gasteiger partial charge in [0.05, 0.1) is 39.0 Å². The van der Waals surface area contributed by atoms with Crippen molar-refractivity contribution >= 4 is 43.6 Å². The molecule has 0 N–H and O–H groups in total. The second-order valence-electron chi connectivity index (χ2n) is 19.7. The molecule has 0 radical (unpaired) electrons. The van der Waals surface area contributed by atoms with E-state index in [2.05, 4.69) is 0 Å². The standard InChI is InChI=1S/C68H40F6N8/c69-67(70,71)49-27-17-26-45(36-49)48-39-58(81-54-30-15-13-28-50(54)52-37-46(32-34-56(52)81)65-77-61(41-18-5-1-6-19-41)75-62(78-65)42-20-7-2-8-21-42)60(68(72,73)74)59(40-48)82-55-31-16-14-29-51(55)53-38-47(33-35-57(53)82)66-79-63(43-22-9-3-10-23-43)76-64(80-66)44-24-11-4-12-25-44/h1-40H. The Hall–Kier alpha value is -10.6. The highest BCUT2D eigenvalue weighted by molar-refractivity contribution is 6.12. The van der Waals surface area contributed by atoms with Gasteiger partial charge in [0.2, 0.25) is 0 Å². The summed E-state index contributed by atoms with van der Waals surface area (Å²) in [6.45, 7) is 0. The van der Waals surface area contributed by atoms with Crippen LogP contribution in [0.1, 0.15) is 11.1 Å². The Kier molecular flexibility index (Phi) is 11.9. The number of rotatable bonds is 9. The van der Waals surface area contributed by atoms with Gasteiger partial charge in [0, 0.05) is 54.9 Å². The van der Waals surface area contributed by atoms with Crippen LogP contribution >= 0.6 is 0 Å². The molecule has 14 heteroatoms. The van der Waals surface area contributed by atoms with E-state index in [1.807, 2.05) is 158 Å². The average molecular weight is 1080 g/mol. The quantitative estimate of drug-likeness (QED) is 0.134. The summed E-state index contributed by atoms with van der Waals surface area (Å²) in [5.74, 6) is 2.41. The summed E-state index contributed by atoms with van der Waals surface area (Å²) in [7, 11) is 0. The lowest BCUT2D eigenvalue weighted by molar-refractivity contribution is -0.138. The fourth-order valence-electron chi connectivity index (χ4n) is 10.9. The summed E-state index contributed by atoms with van der Waals surface area (Å²) in [6.07, 6.45) is -9.79. The number of alkyl halides is 6. The van der Waals surface area contributed by atoms with Crippen molar-refractivity contribution in [1.82, 2.24) is 39.0 Å². The van der Waals surface area contributed by atoms with Crippen LogP contribution in [0.25, 0.3) is 134 Å². The van der Waals surface area contributed by atoms with Crippen LogP contribution in [0.4, 0.5) is 26.3 Å². The zero-order valence-electron chi connectivity index (χ0n) is 42.9. The highest BCUT2D eigenvalue weighted by atomic mass is 19.4. The molecular weight excluding hydrogens is 1040 g/mol. The zero-order chi connectivity index (χ0) is 55.7. The number of benzene rings is 10. The summed E-state index contributed by atoms with van der Waals surface area (Å²) in [4.78, 5) is 29.5. The van der Waals surface area contributed by atoms with Crippen LogP contribution in [0, 0.1) is 0 Å². The molecular formula is C68H40F6N8. The molecule has 0 amide bonds. The van der Waals surface area contributed by atoms with E-state index in [1.165, 1.54) is 24.3 Å². The maximum absolute atomic E-state index is 16.9. The van der Waals surface area contributed by atoms with Gasteiger partial charge in [0.25, 0.3) is 0 Å². The van der Waals surface area contributed by atoms with Gasteiger partial charge in [-0.2, -0.15) is 26.3 Å².